The van der Waals surface area contributed by atoms with Crippen molar-refractivity contribution in [3.63, 3.8) is 0 Å². The number of nitrogens with one attached hydrogen (secondary N) is 1. The van der Waals surface area contributed by atoms with E-state index in [1.165, 1.54) is 30.7 Å². The number of piperidine rings is 1. The summed E-state index contributed by atoms with van der Waals surface area (Å²) in [4.78, 5) is 18.9. The minimum absolute atomic E-state index is 0.287. The fraction of sp³-hybridized carbons (Fsp3) is 0.294. The Morgan fingerprint density at radius 1 is 1.05 bits per heavy atom. The first-order valence-corrected chi connectivity index (χ1v) is 7.51. The smallest absolute Gasteiger partial charge is 0.274 e. The van der Waals surface area contributed by atoms with Gasteiger partial charge in [-0.1, -0.05) is 6.07 Å². The summed E-state index contributed by atoms with van der Waals surface area (Å²) in [5.74, 6) is 0.222. The molecule has 1 fully saturated rings. The molecule has 22 heavy (non-hydrogen) atoms. The number of hydrogen-bond donors (Lipinski definition) is 1. The van der Waals surface area contributed by atoms with Gasteiger partial charge in [0.15, 0.2) is 0 Å². The van der Waals surface area contributed by atoms with Gasteiger partial charge in [-0.05, 0) is 55.7 Å². The summed E-state index contributed by atoms with van der Waals surface area (Å²) in [7, 11) is 0. The quantitative estimate of drug-likeness (QED) is 0.944. The monoisotopic (exact) mass is 299 g/mol. The van der Waals surface area contributed by atoms with E-state index in [9.17, 15) is 9.18 Å². The van der Waals surface area contributed by atoms with E-state index in [-0.39, 0.29) is 11.7 Å². The maximum atomic E-state index is 12.9. The van der Waals surface area contributed by atoms with Crippen molar-refractivity contribution in [3.8, 4) is 0 Å². The van der Waals surface area contributed by atoms with Crippen molar-refractivity contribution >= 4 is 17.4 Å². The molecule has 1 aliphatic rings. The Balaban J connectivity index is 1.73. The molecule has 2 aromatic rings. The van der Waals surface area contributed by atoms with E-state index < -0.39 is 0 Å². The predicted molar refractivity (Wildman–Crippen MR) is 84.7 cm³/mol. The third-order valence-electron chi connectivity index (χ3n) is 3.75. The van der Waals surface area contributed by atoms with Gasteiger partial charge in [0.1, 0.15) is 17.3 Å². The van der Waals surface area contributed by atoms with Gasteiger partial charge in [0.2, 0.25) is 0 Å². The molecule has 0 radical (unpaired) electrons. The van der Waals surface area contributed by atoms with Crippen LogP contribution in [0.25, 0.3) is 0 Å². The lowest BCUT2D eigenvalue weighted by Gasteiger charge is -2.27. The molecule has 0 atom stereocenters. The highest BCUT2D eigenvalue weighted by molar-refractivity contribution is 6.03. The van der Waals surface area contributed by atoms with Crippen LogP contribution in [0.15, 0.2) is 42.5 Å². The fourth-order valence-electron chi connectivity index (χ4n) is 2.58. The van der Waals surface area contributed by atoms with Gasteiger partial charge < -0.3 is 10.2 Å². The van der Waals surface area contributed by atoms with Crippen molar-refractivity contribution in [2.24, 2.45) is 0 Å². The van der Waals surface area contributed by atoms with Gasteiger partial charge in [-0.25, -0.2) is 9.37 Å². The highest BCUT2D eigenvalue weighted by Crippen LogP contribution is 2.18. The van der Waals surface area contributed by atoms with Gasteiger partial charge in [0.25, 0.3) is 5.91 Å². The Bertz CT molecular complexity index is 651. The second kappa shape index (κ2) is 6.56. The molecule has 5 heteroatoms. The van der Waals surface area contributed by atoms with Crippen molar-refractivity contribution in [1.82, 2.24) is 4.98 Å². The van der Waals surface area contributed by atoms with E-state index in [0.717, 1.165) is 31.7 Å². The number of halogens is 1. The standard InChI is InChI=1S/C17H18FN3O/c18-13-7-9-14(10-8-13)19-17(22)15-5-4-6-16(20-15)21-11-2-1-3-12-21/h4-10H,1-3,11-12H2,(H,19,22). The zero-order chi connectivity index (χ0) is 15.4. The van der Waals surface area contributed by atoms with E-state index in [4.69, 9.17) is 0 Å². The van der Waals surface area contributed by atoms with Gasteiger partial charge >= 0.3 is 0 Å². The van der Waals surface area contributed by atoms with Crippen LogP contribution in [-0.4, -0.2) is 24.0 Å². The van der Waals surface area contributed by atoms with Crippen LogP contribution in [0.4, 0.5) is 15.9 Å². The van der Waals surface area contributed by atoms with Crippen LogP contribution in [0.1, 0.15) is 29.8 Å². The lowest BCUT2D eigenvalue weighted by Crippen LogP contribution is -2.30. The number of nitrogens with zero attached hydrogens (tertiary/aromatic N) is 2. The van der Waals surface area contributed by atoms with Crippen LogP contribution >= 0.6 is 0 Å². The molecule has 0 spiro atoms. The van der Waals surface area contributed by atoms with Gasteiger partial charge in [-0.15, -0.1) is 0 Å². The second-order valence-corrected chi connectivity index (χ2v) is 5.39. The molecule has 4 nitrogen and oxygen atoms in total. The number of amides is 1. The summed E-state index contributed by atoms with van der Waals surface area (Å²) >= 11 is 0. The van der Waals surface area contributed by atoms with Crippen LogP contribution in [0.2, 0.25) is 0 Å². The van der Waals surface area contributed by atoms with Crippen molar-refractivity contribution in [2.75, 3.05) is 23.3 Å². The maximum Gasteiger partial charge on any atom is 0.274 e. The van der Waals surface area contributed by atoms with Crippen LogP contribution in [0.5, 0.6) is 0 Å². The highest BCUT2D eigenvalue weighted by atomic mass is 19.1. The number of aromatic nitrogens is 1. The molecule has 1 aromatic carbocycles. The average molecular weight is 299 g/mol. The van der Waals surface area contributed by atoms with Crippen LogP contribution in [-0.2, 0) is 0 Å². The first-order chi connectivity index (χ1) is 10.7. The number of rotatable bonds is 3. The van der Waals surface area contributed by atoms with Gasteiger partial charge in [0, 0.05) is 18.8 Å². The number of carbonyl (C=O) groups is 1. The summed E-state index contributed by atoms with van der Waals surface area (Å²) in [6, 6.07) is 11.1. The molecule has 114 valence electrons. The van der Waals surface area contributed by atoms with Crippen LogP contribution in [0, 0.1) is 5.82 Å². The normalized spacial score (nSPS) is 14.7. The van der Waals surface area contributed by atoms with E-state index >= 15 is 0 Å². The number of benzene rings is 1. The molecular weight excluding hydrogens is 281 g/mol. The summed E-state index contributed by atoms with van der Waals surface area (Å²) < 4.78 is 12.9. The molecule has 0 saturated carbocycles. The summed E-state index contributed by atoms with van der Waals surface area (Å²) in [5.41, 5.74) is 0.920. The Kier molecular flexibility index (Phi) is 4.32. The second-order valence-electron chi connectivity index (χ2n) is 5.39. The van der Waals surface area contributed by atoms with Crippen molar-refractivity contribution in [3.05, 3.63) is 54.0 Å². The first kappa shape index (κ1) is 14.5. The molecule has 0 bridgehead atoms. The maximum absolute atomic E-state index is 12.9. The molecule has 1 amide bonds. The third-order valence-corrected chi connectivity index (χ3v) is 3.75. The SMILES string of the molecule is O=C(Nc1ccc(F)cc1)c1cccc(N2CCCCC2)n1. The molecular formula is C17H18FN3O. The van der Waals surface area contributed by atoms with E-state index in [1.54, 1.807) is 6.07 Å². The largest absolute Gasteiger partial charge is 0.357 e. The van der Waals surface area contributed by atoms with E-state index in [2.05, 4.69) is 15.2 Å². The number of carbonyl (C=O) groups excluding carboxylic acids is 1. The minimum atomic E-state index is -0.330. The first-order valence-electron chi connectivity index (χ1n) is 7.51. The fourth-order valence-corrected chi connectivity index (χ4v) is 2.58. The summed E-state index contributed by atoms with van der Waals surface area (Å²) in [5, 5.41) is 2.73. The number of pyridine rings is 1. The summed E-state index contributed by atoms with van der Waals surface area (Å²) in [6.45, 7) is 1.96. The van der Waals surface area contributed by atoms with Crippen molar-refractivity contribution in [2.45, 2.75) is 19.3 Å². The van der Waals surface area contributed by atoms with E-state index in [1.807, 2.05) is 12.1 Å². The zero-order valence-electron chi connectivity index (χ0n) is 12.3. The minimum Gasteiger partial charge on any atom is -0.357 e. The van der Waals surface area contributed by atoms with Gasteiger partial charge in [0.05, 0.1) is 0 Å². The number of hydrogen-bond acceptors (Lipinski definition) is 3. The molecule has 1 aromatic heterocycles. The number of anilines is 2. The van der Waals surface area contributed by atoms with Gasteiger partial charge in [-0.2, -0.15) is 0 Å². The lowest BCUT2D eigenvalue weighted by molar-refractivity contribution is 0.102. The lowest BCUT2D eigenvalue weighted by atomic mass is 10.1. The van der Waals surface area contributed by atoms with Crippen LogP contribution < -0.4 is 10.2 Å². The molecule has 1 saturated heterocycles. The molecule has 0 unspecified atom stereocenters. The Labute approximate surface area is 129 Å². The van der Waals surface area contributed by atoms with Crippen molar-refractivity contribution < 1.29 is 9.18 Å². The molecule has 1 aliphatic heterocycles. The molecule has 2 heterocycles. The third kappa shape index (κ3) is 3.42. The molecule has 0 aliphatic carbocycles. The average Bonchev–Trinajstić information content (AvgIpc) is 2.58. The Morgan fingerprint density at radius 2 is 1.77 bits per heavy atom. The Hall–Kier alpha value is -2.43. The zero-order valence-corrected chi connectivity index (χ0v) is 12.3. The van der Waals surface area contributed by atoms with Crippen LogP contribution in [0.3, 0.4) is 0 Å². The Morgan fingerprint density at radius 3 is 2.50 bits per heavy atom. The predicted octanol–water partition coefficient (Wildman–Crippen LogP) is 3.46. The summed E-state index contributed by atoms with van der Waals surface area (Å²) in [6.07, 6.45) is 3.57. The van der Waals surface area contributed by atoms with Crippen molar-refractivity contribution in [1.29, 1.82) is 0 Å². The highest BCUT2D eigenvalue weighted by Gasteiger charge is 2.14. The van der Waals surface area contributed by atoms with Gasteiger partial charge in [-0.3, -0.25) is 4.79 Å². The topological polar surface area (TPSA) is 45.2 Å². The molecule has 1 N–H and O–H groups in total. The molecule has 3 rings (SSSR count). The van der Waals surface area contributed by atoms with E-state index in [0.29, 0.717) is 11.4 Å².